The molecule has 0 saturated carbocycles. The van der Waals surface area contributed by atoms with E-state index in [1.54, 1.807) is 7.11 Å². The van der Waals surface area contributed by atoms with E-state index in [4.69, 9.17) is 4.74 Å². The van der Waals surface area contributed by atoms with Crippen LogP contribution < -0.4 is 15.4 Å². The highest BCUT2D eigenvalue weighted by Gasteiger charge is 2.22. The maximum Gasteiger partial charge on any atom is 0.118 e. The minimum absolute atomic E-state index is 0.100. The van der Waals surface area contributed by atoms with E-state index < -0.39 is 0 Å². The van der Waals surface area contributed by atoms with E-state index in [0.29, 0.717) is 0 Å². The summed E-state index contributed by atoms with van der Waals surface area (Å²) in [6.07, 6.45) is 4.33. The first-order chi connectivity index (χ1) is 21.1. The summed E-state index contributed by atoms with van der Waals surface area (Å²) < 4.78 is 5.50. The van der Waals surface area contributed by atoms with E-state index in [0.717, 1.165) is 44.5 Å². The van der Waals surface area contributed by atoms with Gasteiger partial charge in [-0.15, -0.1) is 0 Å². The molecule has 0 heterocycles. The molecule has 2 N–H and O–H groups in total. The van der Waals surface area contributed by atoms with Gasteiger partial charge in [0.15, 0.2) is 0 Å². The van der Waals surface area contributed by atoms with E-state index in [9.17, 15) is 0 Å². The Morgan fingerprint density at radius 2 is 1.02 bits per heavy atom. The summed E-state index contributed by atoms with van der Waals surface area (Å²) in [5.74, 6) is 0.974. The van der Waals surface area contributed by atoms with Crippen molar-refractivity contribution in [2.75, 3.05) is 30.8 Å². The number of benzene rings is 5. The van der Waals surface area contributed by atoms with Crippen LogP contribution in [-0.4, -0.2) is 20.2 Å². The number of aryl methyl sites for hydroxylation is 4. The monoisotopic (exact) mass is 568 g/mol. The smallest absolute Gasteiger partial charge is 0.118 e. The first kappa shape index (κ1) is 30.0. The normalized spacial score (nSPS) is 11.0. The van der Waals surface area contributed by atoms with E-state index >= 15 is 0 Å². The van der Waals surface area contributed by atoms with Crippen molar-refractivity contribution in [2.24, 2.45) is 0 Å². The van der Waals surface area contributed by atoms with E-state index in [-0.39, 0.29) is 5.92 Å². The van der Waals surface area contributed by atoms with Crippen molar-refractivity contribution in [3.63, 3.8) is 0 Å². The number of anilines is 2. The summed E-state index contributed by atoms with van der Waals surface area (Å²) in [5.41, 5.74) is 11.6. The van der Waals surface area contributed by atoms with Crippen LogP contribution in [0.2, 0.25) is 0 Å². The standard InChI is InChI=1S/C40H44N2O/c1-30-18-22-35(41-26-10-16-32-12-6-4-7-13-32)28-38(30)40(34-20-24-37(43-3)25-21-34)39-29-36(23-19-31(39)2)42-27-11-17-33-14-8-5-9-15-33/h4-9,12-15,18-25,28-29,40-42H,10-11,16-17,26-27H2,1-3H3. The summed E-state index contributed by atoms with van der Waals surface area (Å²) in [4.78, 5) is 0. The predicted molar refractivity (Wildman–Crippen MR) is 183 cm³/mol. The van der Waals surface area contributed by atoms with Gasteiger partial charge in [-0.25, -0.2) is 0 Å². The second kappa shape index (κ2) is 15.1. The second-order valence-electron chi connectivity index (χ2n) is 11.4. The van der Waals surface area contributed by atoms with Gasteiger partial charge in [-0.2, -0.15) is 0 Å². The second-order valence-corrected chi connectivity index (χ2v) is 11.4. The first-order valence-electron chi connectivity index (χ1n) is 15.5. The quantitative estimate of drug-likeness (QED) is 0.103. The van der Waals surface area contributed by atoms with Gasteiger partial charge in [-0.3, -0.25) is 0 Å². The summed E-state index contributed by atoms with van der Waals surface area (Å²) in [6, 6.07) is 43.7. The van der Waals surface area contributed by atoms with Gasteiger partial charge in [-0.05, 0) is 115 Å². The molecule has 5 rings (SSSR count). The zero-order chi connectivity index (χ0) is 29.9. The van der Waals surface area contributed by atoms with Gasteiger partial charge < -0.3 is 15.4 Å². The van der Waals surface area contributed by atoms with Gasteiger partial charge in [0.05, 0.1) is 7.11 Å². The Morgan fingerprint density at radius 1 is 0.558 bits per heavy atom. The Hall–Kier alpha value is -4.50. The van der Waals surface area contributed by atoms with Crippen molar-refractivity contribution in [3.05, 3.63) is 160 Å². The molecule has 3 heteroatoms. The maximum atomic E-state index is 5.50. The van der Waals surface area contributed by atoms with Crippen LogP contribution in [-0.2, 0) is 12.8 Å². The molecule has 3 nitrogen and oxygen atoms in total. The lowest BCUT2D eigenvalue weighted by Crippen LogP contribution is -2.10. The Kier molecular flexibility index (Phi) is 10.5. The molecule has 0 amide bonds. The minimum atomic E-state index is 0.100. The molecule has 5 aromatic carbocycles. The Bertz CT molecular complexity index is 1470. The zero-order valence-electron chi connectivity index (χ0n) is 25.8. The topological polar surface area (TPSA) is 33.3 Å². The minimum Gasteiger partial charge on any atom is -0.497 e. The van der Waals surface area contributed by atoms with Gasteiger partial charge >= 0.3 is 0 Å². The maximum absolute atomic E-state index is 5.50. The van der Waals surface area contributed by atoms with Gasteiger partial charge in [0.2, 0.25) is 0 Å². The fraction of sp³-hybridized carbons (Fsp3) is 0.250. The Morgan fingerprint density at radius 3 is 1.47 bits per heavy atom. The molecule has 0 fully saturated rings. The van der Waals surface area contributed by atoms with Crippen LogP contribution in [0.3, 0.4) is 0 Å². The lowest BCUT2D eigenvalue weighted by atomic mass is 9.81. The molecule has 220 valence electrons. The molecule has 0 aromatic heterocycles. The van der Waals surface area contributed by atoms with Crippen molar-refractivity contribution >= 4 is 11.4 Å². The van der Waals surface area contributed by atoms with Crippen LogP contribution in [0.5, 0.6) is 5.75 Å². The molecule has 0 radical (unpaired) electrons. The first-order valence-corrected chi connectivity index (χ1v) is 15.5. The van der Waals surface area contributed by atoms with E-state index in [1.807, 2.05) is 0 Å². The van der Waals surface area contributed by atoms with Gasteiger partial charge in [0.1, 0.15) is 5.75 Å². The lowest BCUT2D eigenvalue weighted by molar-refractivity contribution is 0.414. The number of methoxy groups -OCH3 is 1. The predicted octanol–water partition coefficient (Wildman–Crippen LogP) is 9.58. The Balaban J connectivity index is 1.37. The van der Waals surface area contributed by atoms with Crippen molar-refractivity contribution in [2.45, 2.75) is 45.4 Å². The number of rotatable bonds is 14. The van der Waals surface area contributed by atoms with Gasteiger partial charge in [0, 0.05) is 30.4 Å². The summed E-state index contributed by atoms with van der Waals surface area (Å²) in [5, 5.41) is 7.40. The average Bonchev–Trinajstić information content (AvgIpc) is 3.05. The average molecular weight is 569 g/mol. The van der Waals surface area contributed by atoms with E-state index in [1.165, 1.54) is 50.3 Å². The molecule has 0 aliphatic carbocycles. The number of hydrogen-bond donors (Lipinski definition) is 2. The largest absolute Gasteiger partial charge is 0.497 e. The lowest BCUT2D eigenvalue weighted by Gasteiger charge is -2.25. The highest BCUT2D eigenvalue weighted by atomic mass is 16.5. The van der Waals surface area contributed by atoms with Crippen LogP contribution >= 0.6 is 0 Å². The van der Waals surface area contributed by atoms with Crippen LogP contribution in [0, 0.1) is 13.8 Å². The summed E-state index contributed by atoms with van der Waals surface area (Å²) in [6.45, 7) is 6.33. The fourth-order valence-electron chi connectivity index (χ4n) is 5.79. The molecule has 5 aromatic rings. The highest BCUT2D eigenvalue weighted by Crippen LogP contribution is 2.38. The molecule has 0 saturated heterocycles. The van der Waals surface area contributed by atoms with Crippen LogP contribution in [0.15, 0.2) is 121 Å². The molecule has 0 unspecified atom stereocenters. The highest BCUT2D eigenvalue weighted by molar-refractivity contribution is 5.59. The molecule has 0 spiro atoms. The molecule has 43 heavy (non-hydrogen) atoms. The van der Waals surface area contributed by atoms with Crippen molar-refractivity contribution < 1.29 is 4.74 Å². The number of hydrogen-bond acceptors (Lipinski definition) is 3. The van der Waals surface area contributed by atoms with Crippen molar-refractivity contribution in [3.8, 4) is 5.75 Å². The van der Waals surface area contributed by atoms with Crippen LogP contribution in [0.25, 0.3) is 0 Å². The molecular formula is C40H44N2O. The fourth-order valence-corrected chi connectivity index (χ4v) is 5.79. The zero-order valence-corrected chi connectivity index (χ0v) is 25.8. The van der Waals surface area contributed by atoms with E-state index in [2.05, 4.69) is 146 Å². The SMILES string of the molecule is COc1ccc(C(c2cc(NCCCc3ccccc3)ccc2C)c2cc(NCCCc3ccccc3)ccc2C)cc1. The number of nitrogens with one attached hydrogen (secondary N) is 2. The molecule has 0 aliphatic rings. The molecule has 0 atom stereocenters. The third-order valence-electron chi connectivity index (χ3n) is 8.26. The molecule has 0 aliphatic heterocycles. The van der Waals surface area contributed by atoms with Crippen LogP contribution in [0.4, 0.5) is 11.4 Å². The van der Waals surface area contributed by atoms with Crippen molar-refractivity contribution in [1.82, 2.24) is 0 Å². The molecule has 0 bridgehead atoms. The summed E-state index contributed by atoms with van der Waals surface area (Å²) >= 11 is 0. The van der Waals surface area contributed by atoms with Gasteiger partial charge in [0.25, 0.3) is 0 Å². The molecular weight excluding hydrogens is 524 g/mol. The van der Waals surface area contributed by atoms with Gasteiger partial charge in [-0.1, -0.05) is 84.9 Å². The third-order valence-corrected chi connectivity index (χ3v) is 8.26. The van der Waals surface area contributed by atoms with Crippen molar-refractivity contribution in [1.29, 1.82) is 0 Å². The van der Waals surface area contributed by atoms with Crippen LogP contribution in [0.1, 0.15) is 57.7 Å². The third kappa shape index (κ3) is 8.29. The summed E-state index contributed by atoms with van der Waals surface area (Å²) in [7, 11) is 1.72. The number of ether oxygens (including phenoxy) is 1. The Labute approximate surface area is 258 Å².